The molecule has 88 valence electrons. The van der Waals surface area contributed by atoms with Gasteiger partial charge in [0.2, 0.25) is 0 Å². The van der Waals surface area contributed by atoms with Gasteiger partial charge in [-0.25, -0.2) is 0 Å². The minimum absolute atomic E-state index is 0.0429. The van der Waals surface area contributed by atoms with Crippen LogP contribution < -0.4 is 5.32 Å². The highest BCUT2D eigenvalue weighted by Crippen LogP contribution is 2.23. The quantitative estimate of drug-likeness (QED) is 0.790. The second-order valence-electron chi connectivity index (χ2n) is 3.75. The number of ether oxygens (including phenoxy) is 2. The van der Waals surface area contributed by atoms with E-state index in [9.17, 15) is 4.79 Å². The monoisotopic (exact) mass is 241 g/mol. The predicted molar refractivity (Wildman–Crippen MR) is 61.4 cm³/mol. The van der Waals surface area contributed by atoms with E-state index in [0.29, 0.717) is 12.5 Å². The van der Waals surface area contributed by atoms with E-state index >= 15 is 0 Å². The summed E-state index contributed by atoms with van der Waals surface area (Å²) in [5, 5.41) is 5.42. The zero-order valence-electron chi connectivity index (χ0n) is 9.14. The van der Waals surface area contributed by atoms with Gasteiger partial charge in [-0.1, -0.05) is 6.07 Å². The molecule has 1 atom stereocenters. The third-order valence-electron chi connectivity index (χ3n) is 2.56. The van der Waals surface area contributed by atoms with Crippen LogP contribution in [0.15, 0.2) is 17.5 Å². The van der Waals surface area contributed by atoms with Crippen molar-refractivity contribution in [1.82, 2.24) is 5.32 Å². The Kier molecular flexibility index (Phi) is 3.93. The van der Waals surface area contributed by atoms with Crippen molar-refractivity contribution in [1.29, 1.82) is 0 Å². The predicted octanol–water partition coefficient (Wildman–Crippen LogP) is 1.34. The summed E-state index contributed by atoms with van der Waals surface area (Å²) in [6.45, 7) is 1.45. The van der Waals surface area contributed by atoms with Crippen LogP contribution in [0.5, 0.6) is 0 Å². The molecular formula is C11H15NO3S. The maximum Gasteiger partial charge on any atom is 0.307 e. The van der Waals surface area contributed by atoms with Crippen LogP contribution in [-0.4, -0.2) is 32.3 Å². The molecule has 0 bridgehead atoms. The molecule has 4 nitrogen and oxygen atoms in total. The molecule has 0 spiro atoms. The molecule has 2 heterocycles. The molecule has 1 saturated heterocycles. The summed E-state index contributed by atoms with van der Waals surface area (Å²) in [6, 6.07) is 4.42. The van der Waals surface area contributed by atoms with Crippen molar-refractivity contribution in [3.63, 3.8) is 0 Å². The number of rotatable bonds is 5. The summed E-state index contributed by atoms with van der Waals surface area (Å²) in [6.07, 6.45) is 0.369. The molecule has 0 aliphatic carbocycles. The minimum atomic E-state index is -0.189. The van der Waals surface area contributed by atoms with Crippen LogP contribution in [-0.2, 0) is 14.3 Å². The first-order valence-electron chi connectivity index (χ1n) is 5.23. The molecule has 1 aromatic heterocycles. The Morgan fingerprint density at radius 2 is 2.56 bits per heavy atom. The van der Waals surface area contributed by atoms with Crippen molar-refractivity contribution in [3.05, 3.63) is 22.4 Å². The Balaban J connectivity index is 1.97. The standard InChI is InChI=1S/C11H15NO3S/c1-14-11(13)5-9(10-3-2-4-16-10)12-8-6-15-7-8/h2-4,8-9,12H,5-7H2,1H3. The Bertz CT molecular complexity index is 335. The molecule has 1 N–H and O–H groups in total. The molecule has 0 aromatic carbocycles. The molecule has 5 heteroatoms. The van der Waals surface area contributed by atoms with Crippen molar-refractivity contribution in [2.75, 3.05) is 20.3 Å². The number of methoxy groups -OCH3 is 1. The van der Waals surface area contributed by atoms with E-state index in [1.165, 1.54) is 7.11 Å². The van der Waals surface area contributed by atoms with Gasteiger partial charge in [0, 0.05) is 4.88 Å². The zero-order valence-corrected chi connectivity index (χ0v) is 9.96. The average Bonchev–Trinajstić information content (AvgIpc) is 2.74. The summed E-state index contributed by atoms with van der Waals surface area (Å²) in [5.74, 6) is -0.189. The van der Waals surface area contributed by atoms with Crippen molar-refractivity contribution < 1.29 is 14.3 Å². The van der Waals surface area contributed by atoms with E-state index in [4.69, 9.17) is 9.47 Å². The number of thiophene rings is 1. The molecule has 1 unspecified atom stereocenters. The Morgan fingerprint density at radius 3 is 3.06 bits per heavy atom. The molecule has 1 fully saturated rings. The van der Waals surface area contributed by atoms with E-state index in [2.05, 4.69) is 5.32 Å². The lowest BCUT2D eigenvalue weighted by atomic mass is 10.1. The van der Waals surface area contributed by atoms with Gasteiger partial charge in [0.25, 0.3) is 0 Å². The van der Waals surface area contributed by atoms with Gasteiger partial charge >= 0.3 is 5.97 Å². The second kappa shape index (κ2) is 5.43. The van der Waals surface area contributed by atoms with Crippen molar-refractivity contribution in [2.45, 2.75) is 18.5 Å². The number of carbonyl (C=O) groups is 1. The summed E-state index contributed by atoms with van der Waals surface area (Å²) >= 11 is 1.65. The second-order valence-corrected chi connectivity index (χ2v) is 4.73. The Hall–Kier alpha value is -0.910. The van der Waals surface area contributed by atoms with Crippen LogP contribution in [0.2, 0.25) is 0 Å². The number of esters is 1. The van der Waals surface area contributed by atoms with Gasteiger partial charge in [-0.2, -0.15) is 0 Å². The van der Waals surface area contributed by atoms with Crippen LogP contribution in [0.4, 0.5) is 0 Å². The molecule has 0 saturated carbocycles. The fourth-order valence-electron chi connectivity index (χ4n) is 1.60. The normalized spacial score (nSPS) is 17.8. The smallest absolute Gasteiger partial charge is 0.307 e. The van der Waals surface area contributed by atoms with Gasteiger partial charge in [0.1, 0.15) is 0 Å². The highest BCUT2D eigenvalue weighted by Gasteiger charge is 2.25. The molecular weight excluding hydrogens is 226 g/mol. The third-order valence-corrected chi connectivity index (χ3v) is 3.55. The average molecular weight is 241 g/mol. The summed E-state index contributed by atoms with van der Waals surface area (Å²) in [7, 11) is 1.42. The molecule has 0 radical (unpaired) electrons. The van der Waals surface area contributed by atoms with E-state index in [0.717, 1.165) is 18.1 Å². The van der Waals surface area contributed by atoms with E-state index < -0.39 is 0 Å². The number of hydrogen-bond acceptors (Lipinski definition) is 5. The highest BCUT2D eigenvalue weighted by molar-refractivity contribution is 7.10. The number of hydrogen-bond donors (Lipinski definition) is 1. The third kappa shape index (κ3) is 2.81. The summed E-state index contributed by atoms with van der Waals surface area (Å²) < 4.78 is 9.82. The SMILES string of the molecule is COC(=O)CC(NC1COC1)c1cccs1. The van der Waals surface area contributed by atoms with Crippen LogP contribution in [0.25, 0.3) is 0 Å². The first-order valence-corrected chi connectivity index (χ1v) is 6.11. The van der Waals surface area contributed by atoms with Gasteiger partial charge in [0.15, 0.2) is 0 Å². The fourth-order valence-corrected chi connectivity index (χ4v) is 2.38. The molecule has 0 amide bonds. The van der Waals surface area contributed by atoms with Gasteiger partial charge in [0.05, 0.1) is 38.8 Å². The fraction of sp³-hybridized carbons (Fsp3) is 0.545. The highest BCUT2D eigenvalue weighted by atomic mass is 32.1. The molecule has 1 aromatic rings. The van der Waals surface area contributed by atoms with Gasteiger partial charge in [-0.3, -0.25) is 4.79 Å². The number of carbonyl (C=O) groups excluding carboxylic acids is 1. The molecule has 1 aliphatic rings. The van der Waals surface area contributed by atoms with Crippen LogP contribution in [0.1, 0.15) is 17.3 Å². The van der Waals surface area contributed by atoms with Crippen molar-refractivity contribution in [3.8, 4) is 0 Å². The molecule has 2 rings (SSSR count). The van der Waals surface area contributed by atoms with E-state index in [1.54, 1.807) is 11.3 Å². The van der Waals surface area contributed by atoms with Crippen LogP contribution >= 0.6 is 11.3 Å². The van der Waals surface area contributed by atoms with Crippen molar-refractivity contribution >= 4 is 17.3 Å². The lowest BCUT2D eigenvalue weighted by Crippen LogP contribution is -2.47. The maximum absolute atomic E-state index is 11.3. The minimum Gasteiger partial charge on any atom is -0.469 e. The van der Waals surface area contributed by atoms with Crippen LogP contribution in [0.3, 0.4) is 0 Å². The first-order chi connectivity index (χ1) is 7.79. The largest absolute Gasteiger partial charge is 0.469 e. The summed E-state index contributed by atoms with van der Waals surface area (Å²) in [4.78, 5) is 12.5. The number of nitrogens with one attached hydrogen (secondary N) is 1. The lowest BCUT2D eigenvalue weighted by molar-refractivity contribution is -0.141. The maximum atomic E-state index is 11.3. The van der Waals surface area contributed by atoms with E-state index in [-0.39, 0.29) is 12.0 Å². The Labute approximate surface area is 98.6 Å². The van der Waals surface area contributed by atoms with Gasteiger partial charge < -0.3 is 14.8 Å². The lowest BCUT2D eigenvalue weighted by Gasteiger charge is -2.30. The topological polar surface area (TPSA) is 47.6 Å². The summed E-state index contributed by atoms with van der Waals surface area (Å²) in [5.41, 5.74) is 0. The first kappa shape index (κ1) is 11.6. The van der Waals surface area contributed by atoms with Crippen molar-refractivity contribution in [2.24, 2.45) is 0 Å². The zero-order chi connectivity index (χ0) is 11.4. The Morgan fingerprint density at radius 1 is 1.75 bits per heavy atom. The molecule has 1 aliphatic heterocycles. The van der Waals surface area contributed by atoms with Crippen LogP contribution in [0, 0.1) is 0 Å². The van der Waals surface area contributed by atoms with E-state index in [1.807, 2.05) is 17.5 Å². The van der Waals surface area contributed by atoms with Gasteiger partial charge in [-0.15, -0.1) is 11.3 Å². The molecule has 16 heavy (non-hydrogen) atoms. The van der Waals surface area contributed by atoms with Gasteiger partial charge in [-0.05, 0) is 11.4 Å².